The molecule has 0 aliphatic carbocycles. The number of rotatable bonds is 4. The van der Waals surface area contributed by atoms with Crippen molar-refractivity contribution in [1.29, 1.82) is 0 Å². The first-order valence-corrected chi connectivity index (χ1v) is 12.3. The molecule has 8 heteroatoms. The van der Waals surface area contributed by atoms with Crippen LogP contribution in [0.1, 0.15) is 47.9 Å². The molecule has 0 bridgehead atoms. The van der Waals surface area contributed by atoms with Crippen LogP contribution in [0.5, 0.6) is 0 Å². The summed E-state index contributed by atoms with van der Waals surface area (Å²) in [4.78, 5) is 40.8. The summed E-state index contributed by atoms with van der Waals surface area (Å²) in [5.74, 6) is -0.661. The fraction of sp³-hybridized carbons (Fsp3) is 0.385. The molecule has 3 amide bonds. The molecule has 1 N–H and O–H groups in total. The number of aryl methyl sites for hydroxylation is 4. The van der Waals surface area contributed by atoms with Crippen LogP contribution in [0.25, 0.3) is 0 Å². The molecule has 2 aromatic carbocycles. The Kier molecular flexibility index (Phi) is 6.89. The number of hydrogen-bond donors (Lipinski definition) is 1. The SMILES string of the molecule is Cc1ccc(C)c(N2N=C(C(=O)NC3CCCN(c4c(C)cc(Br)cc4C)C3=O)CCC2=O)c1. The van der Waals surface area contributed by atoms with E-state index in [0.29, 0.717) is 18.7 Å². The van der Waals surface area contributed by atoms with Gasteiger partial charge in [0, 0.05) is 29.5 Å². The summed E-state index contributed by atoms with van der Waals surface area (Å²) in [6.07, 6.45) is 1.80. The van der Waals surface area contributed by atoms with E-state index in [2.05, 4.69) is 26.3 Å². The molecule has 2 aromatic rings. The lowest BCUT2D eigenvalue weighted by molar-refractivity contribution is -0.125. The molecule has 1 saturated heterocycles. The van der Waals surface area contributed by atoms with E-state index in [4.69, 9.17) is 0 Å². The smallest absolute Gasteiger partial charge is 0.268 e. The van der Waals surface area contributed by atoms with Crippen molar-refractivity contribution in [2.24, 2.45) is 5.10 Å². The molecule has 4 rings (SSSR count). The van der Waals surface area contributed by atoms with Gasteiger partial charge in [-0.15, -0.1) is 0 Å². The summed E-state index contributed by atoms with van der Waals surface area (Å²) >= 11 is 3.51. The van der Waals surface area contributed by atoms with Gasteiger partial charge in [-0.3, -0.25) is 14.4 Å². The van der Waals surface area contributed by atoms with Crippen molar-refractivity contribution in [3.8, 4) is 0 Å². The largest absolute Gasteiger partial charge is 0.339 e. The van der Waals surface area contributed by atoms with E-state index in [1.807, 2.05) is 58.0 Å². The first-order chi connectivity index (χ1) is 16.2. The van der Waals surface area contributed by atoms with Crippen molar-refractivity contribution < 1.29 is 14.4 Å². The molecular weight excluding hydrogens is 496 g/mol. The minimum Gasteiger partial charge on any atom is -0.339 e. The Hall–Kier alpha value is -3.00. The maximum absolute atomic E-state index is 13.3. The molecular formula is C26H29BrN4O3. The molecule has 178 valence electrons. The van der Waals surface area contributed by atoms with Crippen molar-refractivity contribution >= 4 is 50.7 Å². The Balaban J connectivity index is 1.54. The third kappa shape index (κ3) is 4.78. The summed E-state index contributed by atoms with van der Waals surface area (Å²) in [5, 5.41) is 8.62. The van der Waals surface area contributed by atoms with Gasteiger partial charge >= 0.3 is 0 Å². The molecule has 1 unspecified atom stereocenters. The molecule has 1 atom stereocenters. The van der Waals surface area contributed by atoms with Crippen molar-refractivity contribution in [1.82, 2.24) is 5.32 Å². The predicted octanol–water partition coefficient (Wildman–Crippen LogP) is 4.48. The van der Waals surface area contributed by atoms with E-state index in [1.54, 1.807) is 4.90 Å². The molecule has 7 nitrogen and oxygen atoms in total. The second-order valence-electron chi connectivity index (χ2n) is 9.09. The summed E-state index contributed by atoms with van der Waals surface area (Å²) < 4.78 is 0.971. The molecule has 0 saturated carbocycles. The lowest BCUT2D eigenvalue weighted by Gasteiger charge is -2.35. The van der Waals surface area contributed by atoms with Crippen LogP contribution in [0.15, 0.2) is 39.9 Å². The highest BCUT2D eigenvalue weighted by Gasteiger charge is 2.34. The van der Waals surface area contributed by atoms with E-state index >= 15 is 0 Å². The number of piperidine rings is 1. The summed E-state index contributed by atoms with van der Waals surface area (Å²) in [6, 6.07) is 9.16. The number of hydrazone groups is 1. The van der Waals surface area contributed by atoms with Crippen LogP contribution in [-0.4, -0.2) is 36.0 Å². The first-order valence-electron chi connectivity index (χ1n) is 11.5. The van der Waals surface area contributed by atoms with Crippen LogP contribution in [-0.2, 0) is 14.4 Å². The number of carbonyl (C=O) groups is 3. The zero-order chi connectivity index (χ0) is 24.6. The normalized spacial score (nSPS) is 18.7. The Morgan fingerprint density at radius 1 is 1.03 bits per heavy atom. The van der Waals surface area contributed by atoms with Crippen molar-refractivity contribution in [2.45, 2.75) is 59.4 Å². The number of nitrogens with zero attached hydrogens (tertiary/aromatic N) is 3. The number of hydrogen-bond acceptors (Lipinski definition) is 4. The Labute approximate surface area is 208 Å². The maximum Gasteiger partial charge on any atom is 0.268 e. The van der Waals surface area contributed by atoms with Gasteiger partial charge in [0.1, 0.15) is 11.8 Å². The van der Waals surface area contributed by atoms with E-state index in [-0.39, 0.29) is 30.4 Å². The van der Waals surface area contributed by atoms with Gasteiger partial charge in [-0.05, 0) is 81.0 Å². The second-order valence-corrected chi connectivity index (χ2v) is 10.0. The minimum absolute atomic E-state index is 0.119. The van der Waals surface area contributed by atoms with Gasteiger partial charge < -0.3 is 10.2 Å². The average molecular weight is 525 g/mol. The lowest BCUT2D eigenvalue weighted by Crippen LogP contribution is -2.54. The Morgan fingerprint density at radius 3 is 2.44 bits per heavy atom. The van der Waals surface area contributed by atoms with Crippen LogP contribution in [0.2, 0.25) is 0 Å². The fourth-order valence-electron chi connectivity index (χ4n) is 4.65. The fourth-order valence-corrected chi connectivity index (χ4v) is 5.34. The topological polar surface area (TPSA) is 82.1 Å². The van der Waals surface area contributed by atoms with E-state index in [1.165, 1.54) is 5.01 Å². The number of nitrogens with one attached hydrogen (secondary N) is 1. The van der Waals surface area contributed by atoms with Crippen LogP contribution in [0.3, 0.4) is 0 Å². The molecule has 0 radical (unpaired) electrons. The Morgan fingerprint density at radius 2 is 1.74 bits per heavy atom. The number of halogens is 1. The molecule has 2 aliphatic heterocycles. The Bertz CT molecular complexity index is 1180. The number of carbonyl (C=O) groups excluding carboxylic acids is 3. The van der Waals surface area contributed by atoms with Crippen LogP contribution in [0, 0.1) is 27.7 Å². The summed E-state index contributed by atoms with van der Waals surface area (Å²) in [6.45, 7) is 8.44. The number of anilines is 2. The van der Waals surface area contributed by atoms with Crippen molar-refractivity contribution in [3.05, 3.63) is 57.1 Å². The van der Waals surface area contributed by atoms with Crippen LogP contribution < -0.4 is 15.2 Å². The highest BCUT2D eigenvalue weighted by atomic mass is 79.9. The highest BCUT2D eigenvalue weighted by molar-refractivity contribution is 9.10. The predicted molar refractivity (Wildman–Crippen MR) is 137 cm³/mol. The molecule has 2 heterocycles. The van der Waals surface area contributed by atoms with Gasteiger partial charge in [-0.2, -0.15) is 5.10 Å². The standard InChI is InChI=1S/C26H29BrN4O3/c1-15-7-8-16(2)22(12-15)31-23(32)10-9-20(29-31)25(33)28-21-6-5-11-30(26(21)34)24-17(3)13-19(27)14-18(24)4/h7-8,12-14,21H,5-6,9-11H2,1-4H3,(H,28,33). The molecule has 2 aliphatic rings. The van der Waals surface area contributed by atoms with Crippen molar-refractivity contribution in [2.75, 3.05) is 16.5 Å². The zero-order valence-corrected chi connectivity index (χ0v) is 21.5. The van der Waals surface area contributed by atoms with E-state index in [0.717, 1.165) is 38.8 Å². The van der Waals surface area contributed by atoms with E-state index < -0.39 is 11.9 Å². The van der Waals surface area contributed by atoms with Gasteiger partial charge in [0.2, 0.25) is 11.8 Å². The highest BCUT2D eigenvalue weighted by Crippen LogP contribution is 2.31. The molecule has 34 heavy (non-hydrogen) atoms. The van der Waals surface area contributed by atoms with Gasteiger partial charge in [-0.25, -0.2) is 5.01 Å². The quantitative estimate of drug-likeness (QED) is 0.640. The van der Waals surface area contributed by atoms with Gasteiger partial charge in [0.05, 0.1) is 5.69 Å². The molecule has 0 spiro atoms. The lowest BCUT2D eigenvalue weighted by atomic mass is 10.00. The number of benzene rings is 2. The molecule has 0 aromatic heterocycles. The van der Waals surface area contributed by atoms with Gasteiger partial charge in [0.25, 0.3) is 5.91 Å². The van der Waals surface area contributed by atoms with Gasteiger partial charge in [0.15, 0.2) is 0 Å². The third-order valence-electron chi connectivity index (χ3n) is 6.36. The summed E-state index contributed by atoms with van der Waals surface area (Å²) in [7, 11) is 0. The maximum atomic E-state index is 13.3. The van der Waals surface area contributed by atoms with E-state index in [9.17, 15) is 14.4 Å². The average Bonchev–Trinajstić information content (AvgIpc) is 2.77. The first kappa shape index (κ1) is 24.1. The van der Waals surface area contributed by atoms with Gasteiger partial charge in [-0.1, -0.05) is 28.1 Å². The zero-order valence-electron chi connectivity index (χ0n) is 19.9. The third-order valence-corrected chi connectivity index (χ3v) is 6.82. The van der Waals surface area contributed by atoms with Crippen LogP contribution >= 0.6 is 15.9 Å². The molecule has 1 fully saturated rings. The van der Waals surface area contributed by atoms with Crippen LogP contribution in [0.4, 0.5) is 11.4 Å². The summed E-state index contributed by atoms with van der Waals surface area (Å²) in [5.41, 5.74) is 5.76. The minimum atomic E-state index is -0.627. The monoisotopic (exact) mass is 524 g/mol. The second kappa shape index (κ2) is 9.70. The number of amides is 3. The van der Waals surface area contributed by atoms with Crippen molar-refractivity contribution in [3.63, 3.8) is 0 Å².